The zero-order chi connectivity index (χ0) is 22.6. The van der Waals surface area contributed by atoms with E-state index in [0.717, 1.165) is 30.5 Å². The van der Waals surface area contributed by atoms with Gasteiger partial charge in [-0.05, 0) is 37.8 Å². The highest BCUT2D eigenvalue weighted by Gasteiger charge is 2.44. The first-order chi connectivity index (χ1) is 15.4. The number of carbonyl (C=O) groups is 1. The van der Waals surface area contributed by atoms with Crippen molar-refractivity contribution in [3.8, 4) is 17.1 Å². The molecule has 5 rings (SSSR count). The van der Waals surface area contributed by atoms with Crippen LogP contribution in [0, 0.1) is 17.5 Å². The number of amides is 1. The average molecular weight is 443 g/mol. The summed E-state index contributed by atoms with van der Waals surface area (Å²) in [6.07, 6.45) is 4.18. The molecule has 2 aliphatic rings. The van der Waals surface area contributed by atoms with Crippen molar-refractivity contribution in [2.24, 2.45) is 7.05 Å². The van der Waals surface area contributed by atoms with Crippen molar-refractivity contribution in [1.82, 2.24) is 24.6 Å². The maximum absolute atomic E-state index is 13.9. The van der Waals surface area contributed by atoms with E-state index in [4.69, 9.17) is 4.74 Å². The third kappa shape index (κ3) is 3.12. The summed E-state index contributed by atoms with van der Waals surface area (Å²) in [6, 6.07) is 3.06. The number of ether oxygens (including phenoxy) is 1. The highest BCUT2D eigenvalue weighted by atomic mass is 19.2. The molecular formula is C22H20F3N5O2. The van der Waals surface area contributed by atoms with E-state index in [1.54, 1.807) is 16.6 Å². The molecule has 32 heavy (non-hydrogen) atoms. The Bertz CT molecular complexity index is 1210. The third-order valence-electron chi connectivity index (χ3n) is 6.24. The van der Waals surface area contributed by atoms with Crippen molar-refractivity contribution >= 4 is 5.91 Å². The van der Waals surface area contributed by atoms with Gasteiger partial charge in [-0.2, -0.15) is 5.10 Å². The number of aromatic nitrogens is 4. The van der Waals surface area contributed by atoms with E-state index < -0.39 is 17.5 Å². The number of piperidine rings is 1. The van der Waals surface area contributed by atoms with Crippen LogP contribution in [0.5, 0.6) is 5.88 Å². The largest absolute Gasteiger partial charge is 0.481 e. The van der Waals surface area contributed by atoms with Crippen LogP contribution in [-0.4, -0.2) is 43.7 Å². The first-order valence-electron chi connectivity index (χ1n) is 10.3. The molecule has 3 aromatic rings. The van der Waals surface area contributed by atoms with E-state index in [9.17, 15) is 18.0 Å². The number of nitrogens with zero attached hydrogens (tertiary/aromatic N) is 5. The lowest BCUT2D eigenvalue weighted by atomic mass is 9.81. The second-order valence-electron chi connectivity index (χ2n) is 8.05. The number of hydrogen-bond acceptors (Lipinski definition) is 5. The Balaban J connectivity index is 1.58. The van der Waals surface area contributed by atoms with Crippen molar-refractivity contribution in [3.63, 3.8) is 0 Å². The molecule has 2 aliphatic heterocycles. The minimum Gasteiger partial charge on any atom is -0.481 e. The molecule has 2 bridgehead atoms. The fourth-order valence-corrected chi connectivity index (χ4v) is 4.90. The van der Waals surface area contributed by atoms with Crippen LogP contribution in [0.15, 0.2) is 24.5 Å². The molecule has 166 valence electrons. The summed E-state index contributed by atoms with van der Waals surface area (Å²) in [5.41, 5.74) is 2.51. The minimum absolute atomic E-state index is 0.118. The average Bonchev–Trinajstić information content (AvgIpc) is 3.11. The number of aryl methyl sites for hydroxylation is 1. The van der Waals surface area contributed by atoms with Crippen LogP contribution in [0.25, 0.3) is 11.3 Å². The molecule has 1 amide bonds. The van der Waals surface area contributed by atoms with Gasteiger partial charge in [-0.3, -0.25) is 9.48 Å². The Morgan fingerprint density at radius 2 is 1.88 bits per heavy atom. The van der Waals surface area contributed by atoms with Gasteiger partial charge in [-0.25, -0.2) is 23.1 Å². The van der Waals surface area contributed by atoms with Gasteiger partial charge in [0.25, 0.3) is 5.91 Å². The molecule has 0 saturated carbocycles. The second-order valence-corrected chi connectivity index (χ2v) is 8.05. The number of hydrogen-bond donors (Lipinski definition) is 0. The van der Waals surface area contributed by atoms with Crippen LogP contribution in [0.3, 0.4) is 0 Å². The quantitative estimate of drug-likeness (QED) is 0.579. The van der Waals surface area contributed by atoms with E-state index in [2.05, 4.69) is 15.1 Å². The molecule has 1 fully saturated rings. The molecule has 4 heterocycles. The second kappa shape index (κ2) is 7.61. The van der Waals surface area contributed by atoms with Crippen LogP contribution in [0.1, 0.15) is 47.1 Å². The summed E-state index contributed by atoms with van der Waals surface area (Å²) in [7, 11) is 3.15. The molecular weight excluding hydrogens is 423 g/mol. The van der Waals surface area contributed by atoms with Crippen LogP contribution >= 0.6 is 0 Å². The smallest absolute Gasteiger partial charge is 0.273 e. The summed E-state index contributed by atoms with van der Waals surface area (Å²) in [4.78, 5) is 23.3. The van der Waals surface area contributed by atoms with Crippen LogP contribution < -0.4 is 4.74 Å². The maximum Gasteiger partial charge on any atom is 0.273 e. The first-order valence-corrected chi connectivity index (χ1v) is 10.3. The fraction of sp³-hybridized carbons (Fsp3) is 0.364. The van der Waals surface area contributed by atoms with E-state index in [1.807, 2.05) is 0 Å². The molecule has 1 aromatic carbocycles. The van der Waals surface area contributed by atoms with Gasteiger partial charge in [0.05, 0.1) is 24.5 Å². The van der Waals surface area contributed by atoms with Crippen LogP contribution in [0.4, 0.5) is 13.2 Å². The predicted octanol–water partition coefficient (Wildman–Crippen LogP) is 3.60. The molecule has 2 aromatic heterocycles. The number of rotatable bonds is 3. The number of halogens is 3. The van der Waals surface area contributed by atoms with Crippen molar-refractivity contribution in [1.29, 1.82) is 0 Å². The highest BCUT2D eigenvalue weighted by molar-refractivity contribution is 5.93. The van der Waals surface area contributed by atoms with Crippen LogP contribution in [0.2, 0.25) is 0 Å². The topological polar surface area (TPSA) is 73.1 Å². The standard InChI is InChI=1S/C22H20F3N5O2/c1-29-21(11-6-14(23)19(25)15(24)7-11)13-8-12-4-3-5-17(20(13)28-29)30(12)22(31)16-9-18(32-2)27-10-26-16/h6-7,9-10,12,17H,3-5,8H2,1-2H3. The first kappa shape index (κ1) is 20.5. The summed E-state index contributed by atoms with van der Waals surface area (Å²) in [5, 5.41) is 4.62. The van der Waals surface area contributed by atoms with E-state index in [-0.39, 0.29) is 29.2 Å². The normalized spacial score (nSPS) is 19.6. The van der Waals surface area contributed by atoms with Crippen molar-refractivity contribution in [2.75, 3.05) is 7.11 Å². The molecule has 1 saturated heterocycles. The van der Waals surface area contributed by atoms with E-state index in [0.29, 0.717) is 30.1 Å². The van der Waals surface area contributed by atoms with Gasteiger partial charge in [0.2, 0.25) is 5.88 Å². The number of benzene rings is 1. The molecule has 2 unspecified atom stereocenters. The summed E-state index contributed by atoms with van der Waals surface area (Å²) in [5.74, 6) is -3.94. The van der Waals surface area contributed by atoms with Gasteiger partial charge in [-0.1, -0.05) is 0 Å². The van der Waals surface area contributed by atoms with Crippen molar-refractivity contribution in [2.45, 2.75) is 37.8 Å². The minimum atomic E-state index is -1.50. The van der Waals surface area contributed by atoms with Crippen molar-refractivity contribution in [3.05, 3.63) is 58.9 Å². The predicted molar refractivity (Wildman–Crippen MR) is 107 cm³/mol. The van der Waals surface area contributed by atoms with E-state index >= 15 is 0 Å². The third-order valence-corrected chi connectivity index (χ3v) is 6.24. The number of methoxy groups -OCH3 is 1. The SMILES string of the molecule is COc1cc(C(=O)N2C3CCCC2c2nn(C)c(-c4cc(F)c(F)c(F)c4)c2C3)ncn1. The zero-order valence-corrected chi connectivity index (χ0v) is 17.5. The van der Waals surface area contributed by atoms with Gasteiger partial charge in [0.1, 0.15) is 12.0 Å². The lowest BCUT2D eigenvalue weighted by Gasteiger charge is -2.45. The fourth-order valence-electron chi connectivity index (χ4n) is 4.90. The molecule has 0 N–H and O–H groups in total. The van der Waals surface area contributed by atoms with Gasteiger partial charge in [0.15, 0.2) is 17.5 Å². The Labute approximate surface area is 181 Å². The summed E-state index contributed by atoms with van der Waals surface area (Å²) < 4.78 is 48.0. The van der Waals surface area contributed by atoms with E-state index in [1.165, 1.54) is 19.5 Å². The monoisotopic (exact) mass is 443 g/mol. The lowest BCUT2D eigenvalue weighted by molar-refractivity contribution is 0.0385. The molecule has 0 aliphatic carbocycles. The van der Waals surface area contributed by atoms with Gasteiger partial charge in [0, 0.05) is 30.3 Å². The van der Waals surface area contributed by atoms with Gasteiger partial charge in [-0.15, -0.1) is 0 Å². The van der Waals surface area contributed by atoms with Crippen molar-refractivity contribution < 1.29 is 22.7 Å². The molecule has 2 atom stereocenters. The van der Waals surface area contributed by atoms with Gasteiger partial charge >= 0.3 is 0 Å². The molecule has 10 heteroatoms. The number of carbonyl (C=O) groups excluding carboxylic acids is 1. The lowest BCUT2D eigenvalue weighted by Crippen LogP contribution is -2.50. The Hall–Kier alpha value is -3.43. The molecule has 0 spiro atoms. The summed E-state index contributed by atoms with van der Waals surface area (Å²) in [6.45, 7) is 0. The Morgan fingerprint density at radius 1 is 1.12 bits per heavy atom. The Morgan fingerprint density at radius 3 is 2.59 bits per heavy atom. The Kier molecular flexibility index (Phi) is 4.87. The zero-order valence-electron chi connectivity index (χ0n) is 17.5. The maximum atomic E-state index is 13.9. The number of fused-ring (bicyclic) bond motifs is 4. The van der Waals surface area contributed by atoms with Crippen LogP contribution in [-0.2, 0) is 13.5 Å². The summed E-state index contributed by atoms with van der Waals surface area (Å²) >= 11 is 0. The van der Waals surface area contributed by atoms with Gasteiger partial charge < -0.3 is 9.64 Å². The highest BCUT2D eigenvalue weighted by Crippen LogP contribution is 2.45. The molecule has 7 nitrogen and oxygen atoms in total. The molecule has 0 radical (unpaired) electrons.